The zero-order chi connectivity index (χ0) is 13.8. The summed E-state index contributed by atoms with van der Waals surface area (Å²) in [7, 11) is 4.56. The lowest BCUT2D eigenvalue weighted by Crippen LogP contribution is -2.52. The molecule has 1 aliphatic heterocycles. The first-order valence-corrected chi connectivity index (χ1v) is 8.22. The molecule has 0 radical (unpaired) electrons. The molecule has 2 aliphatic rings. The van der Waals surface area contributed by atoms with E-state index in [0.29, 0.717) is 6.04 Å². The highest BCUT2D eigenvalue weighted by molar-refractivity contribution is 4.87. The van der Waals surface area contributed by atoms with Gasteiger partial charge in [0.05, 0.1) is 0 Å². The Balaban J connectivity index is 1.89. The fourth-order valence-corrected chi connectivity index (χ4v) is 4.03. The maximum atomic E-state index is 6.12. The number of nitrogens with two attached hydrogens (primary N) is 1. The molecule has 1 unspecified atom stereocenters. The quantitative estimate of drug-likeness (QED) is 0.847. The van der Waals surface area contributed by atoms with Crippen LogP contribution in [-0.4, -0.2) is 55.6 Å². The first kappa shape index (κ1) is 15.3. The maximum absolute atomic E-state index is 6.12. The van der Waals surface area contributed by atoms with E-state index in [4.69, 9.17) is 5.73 Å². The molecule has 0 spiro atoms. The zero-order valence-electron chi connectivity index (χ0n) is 13.1. The van der Waals surface area contributed by atoms with Gasteiger partial charge in [-0.3, -0.25) is 4.90 Å². The van der Waals surface area contributed by atoms with Crippen molar-refractivity contribution in [3.05, 3.63) is 0 Å². The van der Waals surface area contributed by atoms with Crippen molar-refractivity contribution in [2.45, 2.75) is 57.5 Å². The third-order valence-corrected chi connectivity index (χ3v) is 5.63. The van der Waals surface area contributed by atoms with Gasteiger partial charge in [-0.25, -0.2) is 0 Å². The SMILES string of the molecule is CC1CCC(C(CN)N(C)C2CCN(C)CC2)CC1. The molecule has 112 valence electrons. The molecule has 0 aromatic rings. The van der Waals surface area contributed by atoms with Crippen LogP contribution in [-0.2, 0) is 0 Å². The second kappa shape index (κ2) is 7.05. The summed E-state index contributed by atoms with van der Waals surface area (Å²) < 4.78 is 0. The molecule has 2 N–H and O–H groups in total. The van der Waals surface area contributed by atoms with Crippen LogP contribution in [0.3, 0.4) is 0 Å². The summed E-state index contributed by atoms with van der Waals surface area (Å²) >= 11 is 0. The second-order valence-electron chi connectivity index (χ2n) is 7.02. The van der Waals surface area contributed by atoms with Crippen LogP contribution < -0.4 is 5.73 Å². The Kier molecular flexibility index (Phi) is 5.67. The van der Waals surface area contributed by atoms with Gasteiger partial charge in [-0.1, -0.05) is 19.8 Å². The predicted molar refractivity (Wildman–Crippen MR) is 82.2 cm³/mol. The topological polar surface area (TPSA) is 32.5 Å². The molecule has 0 amide bonds. The lowest BCUT2D eigenvalue weighted by atomic mass is 9.78. The van der Waals surface area contributed by atoms with Gasteiger partial charge in [0, 0.05) is 18.6 Å². The summed E-state index contributed by atoms with van der Waals surface area (Å²) in [5.41, 5.74) is 6.12. The van der Waals surface area contributed by atoms with Crippen LogP contribution in [0.15, 0.2) is 0 Å². The van der Waals surface area contributed by atoms with Crippen LogP contribution in [0.2, 0.25) is 0 Å². The average Bonchev–Trinajstić information content (AvgIpc) is 2.42. The minimum Gasteiger partial charge on any atom is -0.329 e. The van der Waals surface area contributed by atoms with Crippen molar-refractivity contribution in [3.63, 3.8) is 0 Å². The Hall–Kier alpha value is -0.120. The molecule has 0 aromatic carbocycles. The smallest absolute Gasteiger partial charge is 0.0246 e. The van der Waals surface area contributed by atoms with Gasteiger partial charge in [0.25, 0.3) is 0 Å². The standard InChI is InChI=1S/C16H33N3/c1-13-4-6-14(7-5-13)16(12-17)19(3)15-8-10-18(2)11-9-15/h13-16H,4-12,17H2,1-3H3. The number of likely N-dealkylation sites (N-methyl/N-ethyl adjacent to an activating group) is 1. The Labute approximate surface area is 119 Å². The third kappa shape index (κ3) is 3.93. The van der Waals surface area contributed by atoms with Crippen LogP contribution in [0, 0.1) is 11.8 Å². The maximum Gasteiger partial charge on any atom is 0.0246 e. The van der Waals surface area contributed by atoms with Crippen molar-refractivity contribution in [2.75, 3.05) is 33.7 Å². The molecule has 2 rings (SSSR count). The molecule has 1 saturated heterocycles. The molecular formula is C16H33N3. The summed E-state index contributed by atoms with van der Waals surface area (Å²) in [4.78, 5) is 5.08. The number of piperidine rings is 1. The molecular weight excluding hydrogens is 234 g/mol. The molecule has 1 saturated carbocycles. The highest BCUT2D eigenvalue weighted by Crippen LogP contribution is 2.33. The van der Waals surface area contributed by atoms with E-state index >= 15 is 0 Å². The minimum absolute atomic E-state index is 0.612. The van der Waals surface area contributed by atoms with E-state index in [0.717, 1.165) is 24.4 Å². The highest BCUT2D eigenvalue weighted by Gasteiger charge is 2.32. The summed E-state index contributed by atoms with van der Waals surface area (Å²) in [5, 5.41) is 0. The monoisotopic (exact) mass is 267 g/mol. The number of hydrogen-bond acceptors (Lipinski definition) is 3. The largest absolute Gasteiger partial charge is 0.329 e. The zero-order valence-corrected chi connectivity index (χ0v) is 13.1. The van der Waals surface area contributed by atoms with Gasteiger partial charge in [0.2, 0.25) is 0 Å². The molecule has 2 fully saturated rings. The van der Waals surface area contributed by atoms with Crippen molar-refractivity contribution < 1.29 is 0 Å². The summed E-state index contributed by atoms with van der Waals surface area (Å²) in [6, 6.07) is 1.37. The van der Waals surface area contributed by atoms with E-state index < -0.39 is 0 Å². The Morgan fingerprint density at radius 3 is 2.21 bits per heavy atom. The van der Waals surface area contributed by atoms with Crippen LogP contribution in [0.5, 0.6) is 0 Å². The van der Waals surface area contributed by atoms with Crippen LogP contribution in [0.1, 0.15) is 45.4 Å². The van der Waals surface area contributed by atoms with E-state index in [-0.39, 0.29) is 0 Å². The summed E-state index contributed by atoms with van der Waals surface area (Å²) in [6.45, 7) is 5.72. The summed E-state index contributed by atoms with van der Waals surface area (Å²) in [6.07, 6.45) is 8.21. The lowest BCUT2D eigenvalue weighted by molar-refractivity contribution is 0.0650. The Bertz CT molecular complexity index is 253. The highest BCUT2D eigenvalue weighted by atomic mass is 15.2. The van der Waals surface area contributed by atoms with E-state index in [1.807, 2.05) is 0 Å². The average molecular weight is 267 g/mol. The molecule has 3 heteroatoms. The second-order valence-corrected chi connectivity index (χ2v) is 7.02. The number of hydrogen-bond donors (Lipinski definition) is 1. The molecule has 0 aromatic heterocycles. The fraction of sp³-hybridized carbons (Fsp3) is 1.00. The number of likely N-dealkylation sites (tertiary alicyclic amines) is 1. The van der Waals surface area contributed by atoms with Crippen LogP contribution in [0.4, 0.5) is 0 Å². The molecule has 0 bridgehead atoms. The normalized spacial score (nSPS) is 32.7. The molecule has 19 heavy (non-hydrogen) atoms. The van der Waals surface area contributed by atoms with Gasteiger partial charge >= 0.3 is 0 Å². The van der Waals surface area contributed by atoms with E-state index in [1.54, 1.807) is 0 Å². The van der Waals surface area contributed by atoms with E-state index in [1.165, 1.54) is 51.6 Å². The Morgan fingerprint density at radius 2 is 1.68 bits per heavy atom. The van der Waals surface area contributed by atoms with Crippen molar-refractivity contribution in [2.24, 2.45) is 17.6 Å². The third-order valence-electron chi connectivity index (χ3n) is 5.63. The summed E-state index contributed by atoms with van der Waals surface area (Å²) in [5.74, 6) is 1.77. The molecule has 1 aliphatic carbocycles. The van der Waals surface area contributed by atoms with Gasteiger partial charge in [-0.05, 0) is 64.7 Å². The van der Waals surface area contributed by atoms with Gasteiger partial charge in [-0.15, -0.1) is 0 Å². The van der Waals surface area contributed by atoms with Crippen molar-refractivity contribution in [1.29, 1.82) is 0 Å². The van der Waals surface area contributed by atoms with Gasteiger partial charge in [-0.2, -0.15) is 0 Å². The lowest BCUT2D eigenvalue weighted by Gasteiger charge is -2.43. The molecule has 1 atom stereocenters. The molecule has 3 nitrogen and oxygen atoms in total. The first-order valence-electron chi connectivity index (χ1n) is 8.22. The van der Waals surface area contributed by atoms with Gasteiger partial charge < -0.3 is 10.6 Å². The van der Waals surface area contributed by atoms with Crippen molar-refractivity contribution >= 4 is 0 Å². The minimum atomic E-state index is 0.612. The fourth-order valence-electron chi connectivity index (χ4n) is 4.03. The van der Waals surface area contributed by atoms with Gasteiger partial charge in [0.1, 0.15) is 0 Å². The van der Waals surface area contributed by atoms with E-state index in [9.17, 15) is 0 Å². The molecule has 1 heterocycles. The predicted octanol–water partition coefficient (Wildman–Crippen LogP) is 2.17. The van der Waals surface area contributed by atoms with Crippen LogP contribution >= 0.6 is 0 Å². The first-order chi connectivity index (χ1) is 9.11. The number of rotatable bonds is 4. The van der Waals surface area contributed by atoms with Crippen molar-refractivity contribution in [1.82, 2.24) is 9.80 Å². The Morgan fingerprint density at radius 1 is 1.11 bits per heavy atom. The van der Waals surface area contributed by atoms with E-state index in [2.05, 4.69) is 30.8 Å². The van der Waals surface area contributed by atoms with Crippen molar-refractivity contribution in [3.8, 4) is 0 Å². The van der Waals surface area contributed by atoms with Crippen LogP contribution in [0.25, 0.3) is 0 Å². The number of nitrogens with zero attached hydrogens (tertiary/aromatic N) is 2. The van der Waals surface area contributed by atoms with Gasteiger partial charge in [0.15, 0.2) is 0 Å².